The van der Waals surface area contributed by atoms with E-state index in [9.17, 15) is 0 Å². The summed E-state index contributed by atoms with van der Waals surface area (Å²) in [6, 6.07) is 0. The Labute approximate surface area is 80.0 Å². The van der Waals surface area contributed by atoms with Gasteiger partial charge in [-0.15, -0.1) is 0 Å². The highest BCUT2D eigenvalue weighted by Gasteiger charge is 2.21. The van der Waals surface area contributed by atoms with Gasteiger partial charge in [0.2, 0.25) is 0 Å². The molecule has 0 saturated carbocycles. The van der Waals surface area contributed by atoms with Gasteiger partial charge in [-0.1, -0.05) is 0 Å². The minimum absolute atomic E-state index is 0.895. The molecule has 0 N–H and O–H groups in total. The van der Waals surface area contributed by atoms with Crippen molar-refractivity contribution in [1.29, 1.82) is 0 Å². The average molecular weight is 185 g/mol. The van der Waals surface area contributed by atoms with Crippen LogP contribution in [-0.4, -0.2) is 74.4 Å². The van der Waals surface area contributed by atoms with Crippen LogP contribution in [0.2, 0.25) is 0 Å². The van der Waals surface area contributed by atoms with Crippen LogP contribution >= 0.6 is 0 Å². The molecule has 76 valence electrons. The van der Waals surface area contributed by atoms with Crippen LogP contribution in [0.1, 0.15) is 0 Å². The van der Waals surface area contributed by atoms with Crippen molar-refractivity contribution >= 4 is 0 Å². The Bertz CT molecular complexity index is 151. The predicted octanol–water partition coefficient (Wildman–Crippen LogP) is -0.519. The molecule has 13 heavy (non-hydrogen) atoms. The van der Waals surface area contributed by atoms with Crippen LogP contribution in [-0.2, 0) is 4.74 Å². The Kier molecular flexibility index (Phi) is 3.16. The van der Waals surface area contributed by atoms with Gasteiger partial charge in [0.25, 0.3) is 0 Å². The first-order valence-electron chi connectivity index (χ1n) is 5.12. The molecule has 4 heteroatoms. The summed E-state index contributed by atoms with van der Waals surface area (Å²) >= 11 is 0. The molecule has 0 aromatic heterocycles. The lowest BCUT2D eigenvalue weighted by atomic mass is 10.3. The van der Waals surface area contributed by atoms with Crippen molar-refractivity contribution in [2.75, 3.05) is 59.5 Å². The zero-order valence-electron chi connectivity index (χ0n) is 8.41. The van der Waals surface area contributed by atoms with E-state index in [4.69, 9.17) is 4.74 Å². The maximum atomic E-state index is 5.33. The van der Waals surface area contributed by atoms with Crippen molar-refractivity contribution in [3.63, 3.8) is 0 Å². The average Bonchev–Trinajstić information content (AvgIpc) is 2.20. The second-order valence-electron chi connectivity index (χ2n) is 3.82. The highest BCUT2D eigenvalue weighted by Crippen LogP contribution is 2.06. The molecule has 0 radical (unpaired) electrons. The molecule has 2 aliphatic rings. The summed E-state index contributed by atoms with van der Waals surface area (Å²) in [4.78, 5) is 2.39. The monoisotopic (exact) mass is 185 g/mol. The number of piperazine rings is 1. The summed E-state index contributed by atoms with van der Waals surface area (Å²) in [5, 5.41) is 4.92. The molecular formula is C9H19N3O. The summed E-state index contributed by atoms with van der Waals surface area (Å²) in [5.74, 6) is 0. The van der Waals surface area contributed by atoms with Crippen LogP contribution in [0.3, 0.4) is 0 Å². The molecular weight excluding hydrogens is 166 g/mol. The lowest BCUT2D eigenvalue weighted by molar-refractivity contribution is -0.105. The number of hydrazine groups is 1. The molecule has 0 bridgehead atoms. The third-order valence-corrected chi connectivity index (χ3v) is 2.87. The normalized spacial score (nSPS) is 29.3. The minimum Gasteiger partial charge on any atom is -0.379 e. The maximum Gasteiger partial charge on any atom is 0.0608 e. The number of morpholine rings is 1. The zero-order chi connectivity index (χ0) is 9.10. The van der Waals surface area contributed by atoms with Crippen molar-refractivity contribution in [3.8, 4) is 0 Å². The van der Waals surface area contributed by atoms with E-state index in [-0.39, 0.29) is 0 Å². The Morgan fingerprint density at radius 3 is 1.92 bits per heavy atom. The molecule has 0 aliphatic carbocycles. The van der Waals surface area contributed by atoms with Crippen LogP contribution in [0.15, 0.2) is 0 Å². The van der Waals surface area contributed by atoms with Gasteiger partial charge in [0, 0.05) is 39.3 Å². The van der Waals surface area contributed by atoms with E-state index in [2.05, 4.69) is 22.0 Å². The van der Waals surface area contributed by atoms with Crippen molar-refractivity contribution in [3.05, 3.63) is 0 Å². The van der Waals surface area contributed by atoms with Gasteiger partial charge in [-0.2, -0.15) is 0 Å². The number of hydrogen-bond acceptors (Lipinski definition) is 4. The van der Waals surface area contributed by atoms with Crippen LogP contribution in [0, 0.1) is 0 Å². The molecule has 0 aromatic rings. The highest BCUT2D eigenvalue weighted by atomic mass is 16.5. The Balaban J connectivity index is 1.79. The summed E-state index contributed by atoms with van der Waals surface area (Å²) in [6.07, 6.45) is 0. The lowest BCUT2D eigenvalue weighted by Crippen LogP contribution is -2.55. The smallest absolute Gasteiger partial charge is 0.0608 e. The number of nitrogens with zero attached hydrogens (tertiary/aromatic N) is 3. The third kappa shape index (κ3) is 2.40. The number of ether oxygens (including phenoxy) is 1. The fraction of sp³-hybridized carbons (Fsp3) is 1.00. The first-order chi connectivity index (χ1) is 6.36. The summed E-state index contributed by atoms with van der Waals surface area (Å²) in [5.41, 5.74) is 0. The fourth-order valence-corrected chi connectivity index (χ4v) is 1.92. The van der Waals surface area contributed by atoms with Crippen LogP contribution in [0.4, 0.5) is 0 Å². The quantitative estimate of drug-likeness (QED) is 0.547. The van der Waals surface area contributed by atoms with Gasteiger partial charge in [-0.05, 0) is 7.05 Å². The van der Waals surface area contributed by atoms with E-state index in [1.54, 1.807) is 0 Å². The number of likely N-dealkylation sites (N-methyl/N-ethyl adjacent to an activating group) is 1. The second kappa shape index (κ2) is 4.37. The van der Waals surface area contributed by atoms with E-state index < -0.39 is 0 Å². The minimum atomic E-state index is 0.895. The zero-order valence-corrected chi connectivity index (χ0v) is 8.41. The van der Waals surface area contributed by atoms with Gasteiger partial charge >= 0.3 is 0 Å². The lowest BCUT2D eigenvalue weighted by Gasteiger charge is -2.41. The van der Waals surface area contributed by atoms with Crippen LogP contribution in [0.25, 0.3) is 0 Å². The summed E-state index contributed by atoms with van der Waals surface area (Å²) in [7, 11) is 2.19. The molecule has 2 rings (SSSR count). The van der Waals surface area contributed by atoms with Crippen molar-refractivity contribution in [1.82, 2.24) is 14.9 Å². The van der Waals surface area contributed by atoms with Crippen LogP contribution < -0.4 is 0 Å². The van der Waals surface area contributed by atoms with Gasteiger partial charge < -0.3 is 9.64 Å². The van der Waals surface area contributed by atoms with E-state index >= 15 is 0 Å². The fourth-order valence-electron chi connectivity index (χ4n) is 1.92. The molecule has 2 fully saturated rings. The van der Waals surface area contributed by atoms with E-state index in [1.807, 2.05) is 0 Å². The van der Waals surface area contributed by atoms with E-state index in [0.717, 1.165) is 26.3 Å². The molecule has 0 spiro atoms. The molecule has 2 heterocycles. The first-order valence-corrected chi connectivity index (χ1v) is 5.12. The number of rotatable bonds is 1. The molecule has 4 nitrogen and oxygen atoms in total. The van der Waals surface area contributed by atoms with Crippen molar-refractivity contribution in [2.24, 2.45) is 0 Å². The van der Waals surface area contributed by atoms with E-state index in [0.29, 0.717) is 0 Å². The first kappa shape index (κ1) is 9.40. The van der Waals surface area contributed by atoms with Crippen molar-refractivity contribution in [2.45, 2.75) is 0 Å². The predicted molar refractivity (Wildman–Crippen MR) is 51.5 cm³/mol. The molecule has 0 atom stereocenters. The second-order valence-corrected chi connectivity index (χ2v) is 3.82. The molecule has 0 unspecified atom stereocenters. The summed E-state index contributed by atoms with van der Waals surface area (Å²) in [6.45, 7) is 8.67. The van der Waals surface area contributed by atoms with Gasteiger partial charge in [-0.25, -0.2) is 10.0 Å². The molecule has 0 amide bonds. The Morgan fingerprint density at radius 2 is 1.31 bits per heavy atom. The van der Waals surface area contributed by atoms with Crippen LogP contribution in [0.5, 0.6) is 0 Å². The summed E-state index contributed by atoms with van der Waals surface area (Å²) < 4.78 is 5.33. The molecule has 2 aliphatic heterocycles. The third-order valence-electron chi connectivity index (χ3n) is 2.87. The Hall–Kier alpha value is -0.160. The van der Waals surface area contributed by atoms with Crippen molar-refractivity contribution < 1.29 is 4.74 Å². The maximum absolute atomic E-state index is 5.33. The standard InChI is InChI=1S/C9H19N3O/c1-10-2-4-11(5-3-10)12-6-8-13-9-7-12/h2-9H2,1H3. The molecule has 2 saturated heterocycles. The van der Waals surface area contributed by atoms with Gasteiger partial charge in [0.1, 0.15) is 0 Å². The Morgan fingerprint density at radius 1 is 0.769 bits per heavy atom. The van der Waals surface area contributed by atoms with Gasteiger partial charge in [-0.3, -0.25) is 0 Å². The highest BCUT2D eigenvalue weighted by molar-refractivity contribution is 4.69. The van der Waals surface area contributed by atoms with Gasteiger partial charge in [0.15, 0.2) is 0 Å². The van der Waals surface area contributed by atoms with Gasteiger partial charge in [0.05, 0.1) is 13.2 Å². The van der Waals surface area contributed by atoms with E-state index in [1.165, 1.54) is 26.2 Å². The largest absolute Gasteiger partial charge is 0.379 e. The SMILES string of the molecule is CN1CCN(N2CCOCC2)CC1. The molecule has 0 aromatic carbocycles. The number of hydrogen-bond donors (Lipinski definition) is 0. The topological polar surface area (TPSA) is 19.0 Å².